The normalized spacial score (nSPS) is 19.7. The summed E-state index contributed by atoms with van der Waals surface area (Å²) in [5.74, 6) is -0.280. The molecule has 1 aliphatic rings. The molecule has 1 fully saturated rings. The van der Waals surface area contributed by atoms with Gasteiger partial charge in [0.15, 0.2) is 0 Å². The third kappa shape index (κ3) is 1.73. The van der Waals surface area contributed by atoms with Gasteiger partial charge in [-0.3, -0.25) is 9.69 Å². The molecule has 0 aromatic heterocycles. The van der Waals surface area contributed by atoms with Crippen LogP contribution in [0.5, 0.6) is 0 Å². The van der Waals surface area contributed by atoms with Gasteiger partial charge in [0.05, 0.1) is 6.54 Å². The summed E-state index contributed by atoms with van der Waals surface area (Å²) in [5, 5.41) is 11.1. The maximum atomic E-state index is 11.0. The molecule has 0 saturated carbocycles. The first-order valence-electron chi connectivity index (χ1n) is 3.84. The summed E-state index contributed by atoms with van der Waals surface area (Å²) < 4.78 is 0. The molecule has 1 unspecified atom stereocenters. The Balaban J connectivity index is 2.50. The lowest BCUT2D eigenvalue weighted by Crippen LogP contribution is -2.35. The largest absolute Gasteiger partial charge is 0.396 e. The first kappa shape index (κ1) is 8.99. The lowest BCUT2D eigenvalue weighted by Gasteiger charge is -2.15. The van der Waals surface area contributed by atoms with Gasteiger partial charge in [-0.15, -0.1) is 0 Å². The Hall–Kier alpha value is -1.10. The Labute approximate surface area is 70.4 Å². The molecule has 5 heteroatoms. The fraction of sp³-hybridized carbons (Fsp3) is 0.714. The Kier molecular flexibility index (Phi) is 2.65. The molecule has 1 atom stereocenters. The number of imide groups is 1. The van der Waals surface area contributed by atoms with E-state index in [1.165, 1.54) is 0 Å². The van der Waals surface area contributed by atoms with E-state index in [1.807, 2.05) is 0 Å². The van der Waals surface area contributed by atoms with Crippen molar-refractivity contribution in [3.63, 3.8) is 0 Å². The summed E-state index contributed by atoms with van der Waals surface area (Å²) in [6.07, 6.45) is 0. The van der Waals surface area contributed by atoms with Gasteiger partial charge in [-0.1, -0.05) is 6.92 Å². The van der Waals surface area contributed by atoms with Gasteiger partial charge in [0.2, 0.25) is 5.91 Å². The minimum absolute atomic E-state index is 0.0168. The molecule has 2 N–H and O–H groups in total. The number of urea groups is 1. The lowest BCUT2D eigenvalue weighted by molar-refractivity contribution is -0.125. The molecule has 3 amide bonds. The predicted octanol–water partition coefficient (Wildman–Crippen LogP) is -0.833. The standard InChI is InChI=1S/C7H12N2O3/c1-5(4-10)3-9-6(11)2-8-7(9)12/h5,10H,2-4H2,1H3,(H,8,12). The van der Waals surface area contributed by atoms with E-state index in [1.54, 1.807) is 6.92 Å². The molecule has 0 radical (unpaired) electrons. The van der Waals surface area contributed by atoms with Gasteiger partial charge >= 0.3 is 6.03 Å². The number of nitrogens with zero attached hydrogens (tertiary/aromatic N) is 1. The van der Waals surface area contributed by atoms with Gasteiger partial charge in [0.1, 0.15) is 0 Å². The van der Waals surface area contributed by atoms with Crippen molar-refractivity contribution in [1.29, 1.82) is 0 Å². The molecule has 0 bridgehead atoms. The molecular formula is C7H12N2O3. The third-order valence-electron chi connectivity index (χ3n) is 1.74. The molecule has 0 aromatic rings. The van der Waals surface area contributed by atoms with E-state index in [9.17, 15) is 9.59 Å². The van der Waals surface area contributed by atoms with E-state index in [4.69, 9.17) is 5.11 Å². The van der Waals surface area contributed by atoms with E-state index in [0.717, 1.165) is 4.90 Å². The first-order valence-corrected chi connectivity index (χ1v) is 3.84. The van der Waals surface area contributed by atoms with Crippen LogP contribution in [0, 0.1) is 5.92 Å². The Morgan fingerprint density at radius 2 is 2.33 bits per heavy atom. The molecule has 1 heterocycles. The third-order valence-corrected chi connectivity index (χ3v) is 1.74. The number of nitrogens with one attached hydrogen (secondary N) is 1. The molecule has 0 spiro atoms. The second-order valence-electron chi connectivity index (χ2n) is 2.95. The molecule has 1 rings (SSSR count). The van der Waals surface area contributed by atoms with Crippen LogP contribution in [0.4, 0.5) is 4.79 Å². The Bertz CT molecular complexity index is 189. The van der Waals surface area contributed by atoms with Crippen LogP contribution in [0.2, 0.25) is 0 Å². The number of amides is 3. The first-order chi connectivity index (χ1) is 5.65. The molecule has 12 heavy (non-hydrogen) atoms. The minimum atomic E-state index is -0.361. The zero-order chi connectivity index (χ0) is 9.14. The molecule has 0 aliphatic carbocycles. The molecule has 1 aliphatic heterocycles. The van der Waals surface area contributed by atoms with E-state index < -0.39 is 0 Å². The van der Waals surface area contributed by atoms with Gasteiger partial charge in [-0.25, -0.2) is 4.79 Å². The number of carbonyl (C=O) groups is 2. The van der Waals surface area contributed by atoms with Gasteiger partial charge in [-0.05, 0) is 5.92 Å². The highest BCUT2D eigenvalue weighted by Crippen LogP contribution is 2.03. The van der Waals surface area contributed by atoms with E-state index in [2.05, 4.69) is 5.32 Å². The van der Waals surface area contributed by atoms with Crippen molar-refractivity contribution in [3.8, 4) is 0 Å². The van der Waals surface area contributed by atoms with Crippen LogP contribution in [0.1, 0.15) is 6.92 Å². The fourth-order valence-corrected chi connectivity index (χ4v) is 1.01. The van der Waals surface area contributed by atoms with Crippen molar-refractivity contribution in [3.05, 3.63) is 0 Å². The zero-order valence-corrected chi connectivity index (χ0v) is 6.91. The highest BCUT2D eigenvalue weighted by atomic mass is 16.3. The Morgan fingerprint density at radius 3 is 2.75 bits per heavy atom. The highest BCUT2D eigenvalue weighted by molar-refractivity contribution is 6.01. The van der Waals surface area contributed by atoms with Crippen LogP contribution in [0.15, 0.2) is 0 Å². The minimum Gasteiger partial charge on any atom is -0.396 e. The highest BCUT2D eigenvalue weighted by Gasteiger charge is 2.28. The molecule has 5 nitrogen and oxygen atoms in total. The van der Waals surface area contributed by atoms with E-state index in [-0.39, 0.29) is 31.0 Å². The van der Waals surface area contributed by atoms with Gasteiger partial charge in [-0.2, -0.15) is 0 Å². The average molecular weight is 172 g/mol. The number of aliphatic hydroxyl groups is 1. The summed E-state index contributed by atoms with van der Waals surface area (Å²) >= 11 is 0. The van der Waals surface area contributed by atoms with Gasteiger partial charge < -0.3 is 10.4 Å². The Morgan fingerprint density at radius 1 is 1.67 bits per heavy atom. The van der Waals surface area contributed by atoms with Crippen molar-refractivity contribution in [2.75, 3.05) is 19.7 Å². The van der Waals surface area contributed by atoms with Crippen molar-refractivity contribution in [2.24, 2.45) is 5.92 Å². The summed E-state index contributed by atoms with van der Waals surface area (Å²) in [4.78, 5) is 23.1. The maximum Gasteiger partial charge on any atom is 0.324 e. The van der Waals surface area contributed by atoms with Crippen LogP contribution in [-0.4, -0.2) is 41.6 Å². The smallest absolute Gasteiger partial charge is 0.324 e. The van der Waals surface area contributed by atoms with Crippen molar-refractivity contribution in [1.82, 2.24) is 10.2 Å². The maximum absolute atomic E-state index is 11.0. The van der Waals surface area contributed by atoms with Crippen LogP contribution in [0.25, 0.3) is 0 Å². The van der Waals surface area contributed by atoms with Gasteiger partial charge in [0, 0.05) is 13.2 Å². The number of rotatable bonds is 3. The molecule has 68 valence electrons. The number of aliphatic hydroxyl groups excluding tert-OH is 1. The summed E-state index contributed by atoms with van der Waals surface area (Å²) in [6, 6.07) is -0.361. The SMILES string of the molecule is CC(CO)CN1C(=O)CNC1=O. The van der Waals surface area contributed by atoms with E-state index >= 15 is 0 Å². The average Bonchev–Trinajstić information content (AvgIpc) is 2.35. The van der Waals surface area contributed by atoms with E-state index in [0.29, 0.717) is 6.54 Å². The van der Waals surface area contributed by atoms with Crippen molar-refractivity contribution in [2.45, 2.75) is 6.92 Å². The number of hydrogen-bond acceptors (Lipinski definition) is 3. The lowest BCUT2D eigenvalue weighted by atomic mass is 10.2. The molecular weight excluding hydrogens is 160 g/mol. The number of hydrogen-bond donors (Lipinski definition) is 2. The van der Waals surface area contributed by atoms with Crippen LogP contribution >= 0.6 is 0 Å². The monoisotopic (exact) mass is 172 g/mol. The quantitative estimate of drug-likeness (QED) is 0.546. The summed E-state index contributed by atoms with van der Waals surface area (Å²) in [6.45, 7) is 2.13. The summed E-state index contributed by atoms with van der Waals surface area (Å²) in [7, 11) is 0. The van der Waals surface area contributed by atoms with Crippen molar-refractivity contribution >= 4 is 11.9 Å². The number of carbonyl (C=O) groups excluding carboxylic acids is 2. The van der Waals surface area contributed by atoms with Crippen LogP contribution in [0.3, 0.4) is 0 Å². The molecule has 1 saturated heterocycles. The second kappa shape index (κ2) is 3.53. The van der Waals surface area contributed by atoms with Crippen molar-refractivity contribution < 1.29 is 14.7 Å². The van der Waals surface area contributed by atoms with Crippen LogP contribution in [-0.2, 0) is 4.79 Å². The van der Waals surface area contributed by atoms with Gasteiger partial charge in [0.25, 0.3) is 0 Å². The summed E-state index contributed by atoms with van der Waals surface area (Å²) in [5.41, 5.74) is 0. The second-order valence-corrected chi connectivity index (χ2v) is 2.95. The van der Waals surface area contributed by atoms with Crippen LogP contribution < -0.4 is 5.32 Å². The molecule has 0 aromatic carbocycles. The topological polar surface area (TPSA) is 69.6 Å². The predicted molar refractivity (Wildman–Crippen MR) is 41.4 cm³/mol. The zero-order valence-electron chi connectivity index (χ0n) is 6.91. The fourth-order valence-electron chi connectivity index (χ4n) is 1.01.